The molecule has 1 saturated carbocycles. The molecule has 2 unspecified atom stereocenters. The Labute approximate surface area is 132 Å². The smallest absolute Gasteiger partial charge is 0.315 e. The van der Waals surface area contributed by atoms with Crippen molar-refractivity contribution < 1.29 is 9.90 Å². The number of nitrogens with one attached hydrogen (secondary N) is 2. The van der Waals surface area contributed by atoms with Crippen LogP contribution in [0.1, 0.15) is 38.8 Å². The van der Waals surface area contributed by atoms with Gasteiger partial charge in [0.05, 0.1) is 0 Å². The van der Waals surface area contributed by atoms with Gasteiger partial charge < -0.3 is 15.7 Å². The summed E-state index contributed by atoms with van der Waals surface area (Å²) in [6.45, 7) is 4.88. The number of aliphatic hydroxyl groups is 1. The number of hydrogen-bond donors (Lipinski definition) is 3. The van der Waals surface area contributed by atoms with E-state index < -0.39 is 0 Å². The first-order valence-electron chi connectivity index (χ1n) is 8.06. The highest BCUT2D eigenvalue weighted by Crippen LogP contribution is 2.36. The zero-order valence-corrected chi connectivity index (χ0v) is 13.5. The van der Waals surface area contributed by atoms with Crippen LogP contribution in [0.25, 0.3) is 0 Å². The molecule has 2 amide bonds. The Kier molecular flexibility index (Phi) is 5.77. The van der Waals surface area contributed by atoms with Gasteiger partial charge in [0.2, 0.25) is 0 Å². The number of urea groups is 1. The average molecular weight is 305 g/mol. The average Bonchev–Trinajstić information content (AvgIpc) is 2.83. The molecule has 2 rings (SSSR count). The van der Waals surface area contributed by atoms with Gasteiger partial charge in [0.1, 0.15) is 0 Å². The van der Waals surface area contributed by atoms with Crippen LogP contribution in [0.5, 0.6) is 0 Å². The third kappa shape index (κ3) is 4.70. The summed E-state index contributed by atoms with van der Waals surface area (Å²) in [5.41, 5.74) is 1.10. The van der Waals surface area contributed by atoms with Crippen molar-refractivity contribution in [3.8, 4) is 0 Å². The van der Waals surface area contributed by atoms with Crippen molar-refractivity contribution in [1.82, 2.24) is 15.6 Å². The molecule has 1 heterocycles. The molecular formula is C17H27N3O2. The van der Waals surface area contributed by atoms with E-state index in [1.165, 1.54) is 0 Å². The monoisotopic (exact) mass is 305 g/mol. The second-order valence-corrected chi connectivity index (χ2v) is 6.86. The van der Waals surface area contributed by atoms with Crippen LogP contribution in [0.3, 0.4) is 0 Å². The molecule has 0 aromatic carbocycles. The summed E-state index contributed by atoms with van der Waals surface area (Å²) < 4.78 is 0. The van der Waals surface area contributed by atoms with Crippen LogP contribution in [0.2, 0.25) is 0 Å². The van der Waals surface area contributed by atoms with Crippen molar-refractivity contribution >= 4 is 6.03 Å². The number of rotatable bonds is 6. The number of nitrogens with zero attached hydrogens (tertiary/aromatic N) is 1. The first-order chi connectivity index (χ1) is 10.5. The molecule has 1 aliphatic rings. The quantitative estimate of drug-likeness (QED) is 0.753. The number of carbonyl (C=O) groups excluding carboxylic acids is 1. The van der Waals surface area contributed by atoms with E-state index in [2.05, 4.69) is 29.5 Å². The largest absolute Gasteiger partial charge is 0.396 e. The van der Waals surface area contributed by atoms with Crippen LogP contribution < -0.4 is 10.6 Å². The molecule has 1 aromatic heterocycles. The fourth-order valence-electron chi connectivity index (χ4n) is 3.06. The number of carbonyl (C=O) groups is 1. The van der Waals surface area contributed by atoms with Crippen molar-refractivity contribution in [2.75, 3.05) is 13.2 Å². The van der Waals surface area contributed by atoms with Crippen molar-refractivity contribution in [3.05, 3.63) is 30.1 Å². The molecule has 0 aliphatic heterocycles. The van der Waals surface area contributed by atoms with Gasteiger partial charge in [0, 0.05) is 37.0 Å². The van der Waals surface area contributed by atoms with Crippen LogP contribution in [-0.2, 0) is 6.42 Å². The highest BCUT2D eigenvalue weighted by atomic mass is 16.3. The van der Waals surface area contributed by atoms with Crippen molar-refractivity contribution in [3.63, 3.8) is 0 Å². The fourth-order valence-corrected chi connectivity index (χ4v) is 3.06. The molecule has 0 bridgehead atoms. The first-order valence-corrected chi connectivity index (χ1v) is 8.06. The van der Waals surface area contributed by atoms with E-state index >= 15 is 0 Å². The van der Waals surface area contributed by atoms with E-state index in [9.17, 15) is 9.90 Å². The first kappa shape index (κ1) is 16.7. The SMILES string of the molecule is CC1(C)CCCC1NC(=O)NCC(CO)Cc1ccccn1. The summed E-state index contributed by atoms with van der Waals surface area (Å²) >= 11 is 0. The molecule has 0 saturated heterocycles. The Bertz CT molecular complexity index is 476. The van der Waals surface area contributed by atoms with E-state index in [1.54, 1.807) is 6.20 Å². The summed E-state index contributed by atoms with van der Waals surface area (Å²) in [7, 11) is 0. The van der Waals surface area contributed by atoms with Gasteiger partial charge in [-0.25, -0.2) is 4.79 Å². The molecule has 22 heavy (non-hydrogen) atoms. The molecule has 2 atom stereocenters. The minimum atomic E-state index is -0.139. The highest BCUT2D eigenvalue weighted by molar-refractivity contribution is 5.74. The molecule has 1 fully saturated rings. The Hall–Kier alpha value is -1.62. The summed E-state index contributed by atoms with van der Waals surface area (Å²) in [5.74, 6) is -0.0164. The normalized spacial score (nSPS) is 21.3. The van der Waals surface area contributed by atoms with Gasteiger partial charge in [-0.1, -0.05) is 26.3 Å². The number of pyridine rings is 1. The maximum atomic E-state index is 12.0. The van der Waals surface area contributed by atoms with Crippen molar-refractivity contribution in [1.29, 1.82) is 0 Å². The molecule has 122 valence electrons. The lowest BCUT2D eigenvalue weighted by atomic mass is 9.87. The van der Waals surface area contributed by atoms with Gasteiger partial charge in [-0.15, -0.1) is 0 Å². The molecule has 0 radical (unpaired) electrons. The zero-order chi connectivity index (χ0) is 16.0. The third-order valence-corrected chi connectivity index (χ3v) is 4.60. The topological polar surface area (TPSA) is 74.2 Å². The van der Waals surface area contributed by atoms with Crippen LogP contribution >= 0.6 is 0 Å². The van der Waals surface area contributed by atoms with Crippen molar-refractivity contribution in [2.24, 2.45) is 11.3 Å². The number of hydrogen-bond acceptors (Lipinski definition) is 3. The van der Waals surface area contributed by atoms with Crippen LogP contribution in [0, 0.1) is 11.3 Å². The summed E-state index contributed by atoms with van der Waals surface area (Å²) in [4.78, 5) is 16.3. The van der Waals surface area contributed by atoms with Gasteiger partial charge in [-0.2, -0.15) is 0 Å². The minimum Gasteiger partial charge on any atom is -0.396 e. The predicted octanol–water partition coefficient (Wildman–Crippen LogP) is 2.11. The van der Waals surface area contributed by atoms with Gasteiger partial charge in [-0.3, -0.25) is 4.98 Å². The lowest BCUT2D eigenvalue weighted by molar-refractivity contribution is 0.206. The zero-order valence-electron chi connectivity index (χ0n) is 13.5. The lowest BCUT2D eigenvalue weighted by Gasteiger charge is -2.28. The Morgan fingerprint density at radius 3 is 2.91 bits per heavy atom. The molecule has 5 nitrogen and oxygen atoms in total. The van der Waals surface area contributed by atoms with Gasteiger partial charge in [0.25, 0.3) is 0 Å². The van der Waals surface area contributed by atoms with Crippen LogP contribution in [0.4, 0.5) is 4.79 Å². The van der Waals surface area contributed by atoms with E-state index in [0.29, 0.717) is 13.0 Å². The number of aliphatic hydroxyl groups excluding tert-OH is 1. The van der Waals surface area contributed by atoms with Crippen LogP contribution in [-0.4, -0.2) is 35.3 Å². The Balaban J connectivity index is 1.77. The fraction of sp³-hybridized carbons (Fsp3) is 0.647. The van der Waals surface area contributed by atoms with Crippen LogP contribution in [0.15, 0.2) is 24.4 Å². The van der Waals surface area contributed by atoms with Crippen molar-refractivity contribution in [2.45, 2.75) is 45.6 Å². The predicted molar refractivity (Wildman–Crippen MR) is 86.5 cm³/mol. The lowest BCUT2D eigenvalue weighted by Crippen LogP contribution is -2.47. The number of aromatic nitrogens is 1. The van der Waals surface area contributed by atoms with E-state index in [0.717, 1.165) is 25.0 Å². The minimum absolute atomic E-state index is 0.0164. The highest BCUT2D eigenvalue weighted by Gasteiger charge is 2.35. The van der Waals surface area contributed by atoms with E-state index in [1.807, 2.05) is 18.2 Å². The molecule has 0 spiro atoms. The van der Waals surface area contributed by atoms with Gasteiger partial charge >= 0.3 is 6.03 Å². The standard InChI is InChI=1S/C17H27N3O2/c1-17(2)8-5-7-15(17)20-16(22)19-11-13(12-21)10-14-6-3-4-9-18-14/h3-4,6,9,13,15,21H,5,7-8,10-12H2,1-2H3,(H2,19,20,22). The molecule has 3 N–H and O–H groups in total. The van der Waals surface area contributed by atoms with Gasteiger partial charge in [-0.05, 0) is 36.8 Å². The second-order valence-electron chi connectivity index (χ2n) is 6.86. The molecule has 1 aromatic rings. The maximum Gasteiger partial charge on any atom is 0.315 e. The van der Waals surface area contributed by atoms with E-state index in [4.69, 9.17) is 0 Å². The Morgan fingerprint density at radius 2 is 2.32 bits per heavy atom. The third-order valence-electron chi connectivity index (χ3n) is 4.60. The second kappa shape index (κ2) is 7.58. The molecular weight excluding hydrogens is 278 g/mol. The molecule has 5 heteroatoms. The number of amides is 2. The molecule has 1 aliphatic carbocycles. The van der Waals surface area contributed by atoms with E-state index in [-0.39, 0.29) is 30.0 Å². The summed E-state index contributed by atoms with van der Waals surface area (Å²) in [6.07, 6.45) is 5.75. The maximum absolute atomic E-state index is 12.0. The summed E-state index contributed by atoms with van der Waals surface area (Å²) in [6, 6.07) is 5.82. The van der Waals surface area contributed by atoms with Gasteiger partial charge in [0.15, 0.2) is 0 Å². The Morgan fingerprint density at radius 1 is 1.50 bits per heavy atom. The summed E-state index contributed by atoms with van der Waals surface area (Å²) in [5, 5.41) is 15.4.